The van der Waals surface area contributed by atoms with Crippen molar-refractivity contribution in [2.75, 3.05) is 40.9 Å². The summed E-state index contributed by atoms with van der Waals surface area (Å²) in [6, 6.07) is -0.844. The minimum Gasteiger partial charge on any atom is -0.456 e. The lowest BCUT2D eigenvalue weighted by Gasteiger charge is -2.27. The summed E-state index contributed by atoms with van der Waals surface area (Å²) in [5, 5.41) is 3.05. The SMILES string of the molecule is CCCCC/C=C\C/C=C\CCCCCCCCCCCC(=O)OC(/C=C/CCCCCCCCCCCC)C(COP(=O)(O)OCC[N+](C)(C)C)NC(=O)CCCCCCCCCCCCCCC. The second kappa shape index (κ2) is 50.7. The maximum Gasteiger partial charge on any atom is 0.472 e. The van der Waals surface area contributed by atoms with Gasteiger partial charge in [0.15, 0.2) is 0 Å². The molecule has 0 heterocycles. The average molecular weight is 1010 g/mol. The lowest BCUT2D eigenvalue weighted by atomic mass is 10.0. The summed E-state index contributed by atoms with van der Waals surface area (Å²) in [5.41, 5.74) is 0. The Bertz CT molecular complexity index is 1300. The number of phosphoric ester groups is 1. The van der Waals surface area contributed by atoms with Crippen LogP contribution in [0, 0.1) is 0 Å². The second-order valence-electron chi connectivity index (χ2n) is 21.5. The van der Waals surface area contributed by atoms with Gasteiger partial charge in [0.1, 0.15) is 19.3 Å². The molecule has 0 rings (SSSR count). The van der Waals surface area contributed by atoms with Gasteiger partial charge in [-0.25, -0.2) is 4.57 Å². The number of allylic oxidation sites excluding steroid dienone is 5. The molecule has 70 heavy (non-hydrogen) atoms. The van der Waals surface area contributed by atoms with Crippen LogP contribution < -0.4 is 5.32 Å². The van der Waals surface area contributed by atoms with E-state index in [1.807, 2.05) is 33.3 Å². The Morgan fingerprint density at radius 1 is 0.500 bits per heavy atom. The molecule has 0 aromatic rings. The van der Waals surface area contributed by atoms with Crippen molar-refractivity contribution >= 4 is 19.7 Å². The Labute approximate surface area is 434 Å². The van der Waals surface area contributed by atoms with Crippen LogP contribution in [0.1, 0.15) is 284 Å². The molecule has 412 valence electrons. The summed E-state index contributed by atoms with van der Waals surface area (Å²) >= 11 is 0. The van der Waals surface area contributed by atoms with E-state index in [1.165, 1.54) is 186 Å². The smallest absolute Gasteiger partial charge is 0.456 e. The van der Waals surface area contributed by atoms with Crippen LogP contribution in [0.15, 0.2) is 36.5 Å². The van der Waals surface area contributed by atoms with Crippen molar-refractivity contribution in [2.45, 2.75) is 296 Å². The molecular weight excluding hydrogens is 892 g/mol. The van der Waals surface area contributed by atoms with E-state index in [2.05, 4.69) is 50.4 Å². The minimum absolute atomic E-state index is 0.0418. The lowest BCUT2D eigenvalue weighted by Crippen LogP contribution is -2.47. The predicted molar refractivity (Wildman–Crippen MR) is 300 cm³/mol. The van der Waals surface area contributed by atoms with Crippen molar-refractivity contribution in [1.82, 2.24) is 5.32 Å². The maximum absolute atomic E-state index is 13.5. The molecule has 0 spiro atoms. The van der Waals surface area contributed by atoms with Gasteiger partial charge in [-0.05, 0) is 63.9 Å². The summed E-state index contributed by atoms with van der Waals surface area (Å²) in [7, 11) is 1.50. The van der Waals surface area contributed by atoms with Gasteiger partial charge in [0, 0.05) is 12.8 Å². The summed E-state index contributed by atoms with van der Waals surface area (Å²) in [6.45, 7) is 7.00. The number of quaternary nitrogens is 1. The van der Waals surface area contributed by atoms with Crippen molar-refractivity contribution in [3.63, 3.8) is 0 Å². The lowest BCUT2D eigenvalue weighted by molar-refractivity contribution is -0.870. The molecule has 10 heteroatoms. The van der Waals surface area contributed by atoms with Gasteiger partial charge in [0.2, 0.25) is 5.91 Å². The molecule has 0 fully saturated rings. The zero-order chi connectivity index (χ0) is 51.5. The van der Waals surface area contributed by atoms with E-state index < -0.39 is 20.0 Å². The fourth-order valence-corrected chi connectivity index (χ4v) is 9.41. The summed E-state index contributed by atoms with van der Waals surface area (Å²) in [6.07, 6.45) is 59.9. The van der Waals surface area contributed by atoms with Crippen LogP contribution in [0.2, 0.25) is 0 Å². The van der Waals surface area contributed by atoms with Crippen LogP contribution in [0.4, 0.5) is 0 Å². The Hall–Kier alpha value is -1.77. The van der Waals surface area contributed by atoms with Gasteiger partial charge in [-0.3, -0.25) is 18.6 Å². The standard InChI is InChI=1S/C60H115N2O7P/c1-7-10-13-16-19-22-25-28-29-30-31-32-33-35-38-41-44-47-50-53-60(64)69-58(51-48-45-42-39-36-27-24-21-18-15-12-9-3)57(56-68-70(65,66)67-55-54-62(4,5)6)61-59(63)52-49-46-43-40-37-34-26-23-20-17-14-11-8-2/h19,22,28-29,48,51,57-58H,7-18,20-21,23-27,30-47,49-50,52-56H2,1-6H3,(H-,61,63,65,66)/p+1/b22-19-,29-28-,51-48+. The van der Waals surface area contributed by atoms with Gasteiger partial charge in [-0.1, -0.05) is 244 Å². The van der Waals surface area contributed by atoms with Gasteiger partial charge >= 0.3 is 13.8 Å². The van der Waals surface area contributed by atoms with E-state index in [9.17, 15) is 19.0 Å². The molecule has 0 aromatic carbocycles. The first kappa shape index (κ1) is 68.2. The number of esters is 1. The first-order valence-corrected chi connectivity index (χ1v) is 31.3. The molecule has 3 atom stereocenters. The van der Waals surface area contributed by atoms with Crippen LogP contribution in [0.3, 0.4) is 0 Å². The number of hydrogen-bond donors (Lipinski definition) is 2. The molecular formula is C60H116N2O7P+. The Kier molecular flexibility index (Phi) is 49.5. The zero-order valence-corrected chi connectivity index (χ0v) is 47.9. The van der Waals surface area contributed by atoms with E-state index in [4.69, 9.17) is 13.8 Å². The van der Waals surface area contributed by atoms with Crippen LogP contribution >= 0.6 is 7.82 Å². The topological polar surface area (TPSA) is 111 Å². The molecule has 0 aliphatic carbocycles. The van der Waals surface area contributed by atoms with Crippen LogP contribution in [0.5, 0.6) is 0 Å². The summed E-state index contributed by atoms with van der Waals surface area (Å²) < 4.78 is 30.6. The highest BCUT2D eigenvalue weighted by molar-refractivity contribution is 7.47. The Morgan fingerprint density at radius 2 is 0.871 bits per heavy atom. The fraction of sp³-hybridized carbons (Fsp3) is 0.867. The number of ether oxygens (including phenoxy) is 1. The van der Waals surface area contributed by atoms with E-state index in [-0.39, 0.29) is 31.5 Å². The largest absolute Gasteiger partial charge is 0.472 e. The van der Waals surface area contributed by atoms with Crippen molar-refractivity contribution < 1.29 is 37.3 Å². The van der Waals surface area contributed by atoms with Crippen molar-refractivity contribution in [3.8, 4) is 0 Å². The molecule has 0 radical (unpaired) electrons. The van der Waals surface area contributed by atoms with E-state index in [0.717, 1.165) is 64.2 Å². The molecule has 2 N–H and O–H groups in total. The molecule has 9 nitrogen and oxygen atoms in total. The van der Waals surface area contributed by atoms with Crippen molar-refractivity contribution in [2.24, 2.45) is 0 Å². The number of nitrogens with zero attached hydrogens (tertiary/aromatic N) is 1. The van der Waals surface area contributed by atoms with Gasteiger partial charge in [0.25, 0.3) is 0 Å². The first-order chi connectivity index (χ1) is 33.9. The minimum atomic E-state index is -4.44. The molecule has 0 aliphatic heterocycles. The second-order valence-corrected chi connectivity index (χ2v) is 23.0. The van der Waals surface area contributed by atoms with E-state index in [1.54, 1.807) is 0 Å². The van der Waals surface area contributed by atoms with Crippen LogP contribution in [0.25, 0.3) is 0 Å². The zero-order valence-electron chi connectivity index (χ0n) is 47.0. The third-order valence-corrected chi connectivity index (χ3v) is 14.3. The van der Waals surface area contributed by atoms with E-state index >= 15 is 0 Å². The highest BCUT2D eigenvalue weighted by atomic mass is 31.2. The third-order valence-electron chi connectivity index (χ3n) is 13.3. The van der Waals surface area contributed by atoms with Crippen LogP contribution in [-0.4, -0.2) is 74.3 Å². The van der Waals surface area contributed by atoms with Gasteiger partial charge in [-0.15, -0.1) is 0 Å². The fourth-order valence-electron chi connectivity index (χ4n) is 8.68. The summed E-state index contributed by atoms with van der Waals surface area (Å²) in [4.78, 5) is 37.6. The number of likely N-dealkylation sites (N-methyl/N-ethyl adjacent to an activating group) is 1. The number of amides is 1. The normalized spacial score (nSPS) is 14.0. The monoisotopic (exact) mass is 1010 g/mol. The van der Waals surface area contributed by atoms with Gasteiger partial charge in [0.05, 0.1) is 33.8 Å². The first-order valence-electron chi connectivity index (χ1n) is 29.8. The third kappa shape index (κ3) is 51.1. The molecule has 0 aliphatic rings. The average Bonchev–Trinajstić information content (AvgIpc) is 3.32. The van der Waals surface area contributed by atoms with Crippen LogP contribution in [-0.2, 0) is 27.9 Å². The number of carbonyl (C=O) groups excluding carboxylic acids is 2. The Balaban J connectivity index is 5.27. The number of nitrogens with one attached hydrogen (secondary N) is 1. The number of carbonyl (C=O) groups is 2. The highest BCUT2D eigenvalue weighted by Crippen LogP contribution is 2.43. The highest BCUT2D eigenvalue weighted by Gasteiger charge is 2.30. The molecule has 0 aromatic heterocycles. The molecule has 0 saturated heterocycles. The molecule has 1 amide bonds. The van der Waals surface area contributed by atoms with Gasteiger partial charge in [-0.2, -0.15) is 0 Å². The maximum atomic E-state index is 13.5. The predicted octanol–water partition coefficient (Wildman–Crippen LogP) is 17.9. The number of rotatable bonds is 54. The van der Waals surface area contributed by atoms with E-state index in [0.29, 0.717) is 17.4 Å². The van der Waals surface area contributed by atoms with Crippen molar-refractivity contribution in [1.29, 1.82) is 0 Å². The quantitative estimate of drug-likeness (QED) is 0.0205. The molecule has 0 bridgehead atoms. The van der Waals surface area contributed by atoms with Gasteiger partial charge < -0.3 is 19.4 Å². The molecule has 3 unspecified atom stereocenters. The van der Waals surface area contributed by atoms with Crippen molar-refractivity contribution in [3.05, 3.63) is 36.5 Å². The Morgan fingerprint density at radius 3 is 1.31 bits per heavy atom. The summed E-state index contributed by atoms with van der Waals surface area (Å²) in [5.74, 6) is -0.499. The number of phosphoric acid groups is 1. The number of hydrogen-bond acceptors (Lipinski definition) is 6. The molecule has 0 saturated carbocycles. The number of unbranched alkanes of at least 4 members (excludes halogenated alkanes) is 34.